The molecule has 3 N–H and O–H groups in total. The molecule has 0 saturated carbocycles. The minimum Gasteiger partial charge on any atom is -0.465 e. The molecule has 8 nitrogen and oxygen atoms in total. The molecule has 4 rings (SSSR count). The van der Waals surface area contributed by atoms with E-state index in [0.29, 0.717) is 5.95 Å². The van der Waals surface area contributed by atoms with Crippen molar-refractivity contribution in [1.82, 2.24) is 25.1 Å². The van der Waals surface area contributed by atoms with Gasteiger partial charge in [-0.15, -0.1) is 0 Å². The highest BCUT2D eigenvalue weighted by Gasteiger charge is 2.20. The molecule has 2 heterocycles. The van der Waals surface area contributed by atoms with Crippen molar-refractivity contribution in [2.24, 2.45) is 7.05 Å². The summed E-state index contributed by atoms with van der Waals surface area (Å²) in [5, 5.41) is 19.1. The minimum atomic E-state index is -0.983. The first-order valence-electron chi connectivity index (χ1n) is 9.30. The second kappa shape index (κ2) is 7.67. The number of benzene rings is 1. The highest BCUT2D eigenvalue weighted by molar-refractivity contribution is 5.67. The van der Waals surface area contributed by atoms with Gasteiger partial charge in [-0.3, -0.25) is 4.68 Å². The zero-order valence-corrected chi connectivity index (χ0v) is 15.6. The molecule has 28 heavy (non-hydrogen) atoms. The normalized spacial score (nSPS) is 16.1. The van der Waals surface area contributed by atoms with Crippen LogP contribution in [-0.4, -0.2) is 30.9 Å². The van der Waals surface area contributed by atoms with E-state index in [1.165, 1.54) is 5.56 Å². The van der Waals surface area contributed by atoms with Gasteiger partial charge in [-0.2, -0.15) is 5.10 Å². The maximum atomic E-state index is 11.1. The van der Waals surface area contributed by atoms with Crippen molar-refractivity contribution in [3.63, 3.8) is 0 Å². The van der Waals surface area contributed by atoms with Crippen LogP contribution in [0.15, 0.2) is 42.9 Å². The first kappa shape index (κ1) is 18.0. The molecule has 1 atom stereocenters. The fourth-order valence-electron chi connectivity index (χ4n) is 3.63. The Kier molecular flexibility index (Phi) is 4.92. The lowest BCUT2D eigenvalue weighted by Gasteiger charge is -2.18. The Morgan fingerprint density at radius 3 is 2.96 bits per heavy atom. The summed E-state index contributed by atoms with van der Waals surface area (Å²) in [5.41, 5.74) is 4.87. The highest BCUT2D eigenvalue weighted by Crippen LogP contribution is 2.32. The second-order valence-corrected chi connectivity index (χ2v) is 6.95. The lowest BCUT2D eigenvalue weighted by atomic mass is 9.96. The molecule has 1 aliphatic rings. The van der Waals surface area contributed by atoms with Crippen LogP contribution >= 0.6 is 0 Å². The summed E-state index contributed by atoms with van der Waals surface area (Å²) < 4.78 is 1.71. The fraction of sp³-hybridized carbons (Fsp3) is 0.300. The lowest BCUT2D eigenvalue weighted by molar-refractivity contribution is 0.189. The number of aromatic nitrogens is 4. The largest absolute Gasteiger partial charge is 0.465 e. The van der Waals surface area contributed by atoms with Crippen LogP contribution in [0.3, 0.4) is 0 Å². The number of aryl methyl sites for hydroxylation is 2. The first-order chi connectivity index (χ1) is 13.6. The van der Waals surface area contributed by atoms with E-state index in [0.717, 1.165) is 48.2 Å². The van der Waals surface area contributed by atoms with Crippen LogP contribution < -0.4 is 10.6 Å². The van der Waals surface area contributed by atoms with Gasteiger partial charge in [0.25, 0.3) is 0 Å². The van der Waals surface area contributed by atoms with Gasteiger partial charge in [-0.25, -0.2) is 14.8 Å². The number of anilines is 2. The fourth-order valence-corrected chi connectivity index (χ4v) is 3.63. The van der Waals surface area contributed by atoms with Crippen molar-refractivity contribution in [2.75, 3.05) is 5.32 Å². The third kappa shape index (κ3) is 3.95. The van der Waals surface area contributed by atoms with Gasteiger partial charge >= 0.3 is 6.09 Å². The van der Waals surface area contributed by atoms with Crippen molar-refractivity contribution >= 4 is 17.7 Å². The van der Waals surface area contributed by atoms with E-state index in [4.69, 9.17) is 5.11 Å². The van der Waals surface area contributed by atoms with Crippen molar-refractivity contribution in [1.29, 1.82) is 0 Å². The Labute approximate surface area is 162 Å². The third-order valence-corrected chi connectivity index (χ3v) is 4.92. The van der Waals surface area contributed by atoms with Crippen molar-refractivity contribution in [3.05, 3.63) is 54.0 Å². The topological polar surface area (TPSA) is 105 Å². The number of nitrogens with zero attached hydrogens (tertiary/aromatic N) is 4. The van der Waals surface area contributed by atoms with Gasteiger partial charge in [-0.1, -0.05) is 18.6 Å². The van der Waals surface area contributed by atoms with Crippen LogP contribution in [0.25, 0.3) is 11.3 Å². The van der Waals surface area contributed by atoms with E-state index in [9.17, 15) is 4.79 Å². The Balaban J connectivity index is 1.62. The molecule has 1 aliphatic carbocycles. The molecular formula is C20H22N6O2. The Morgan fingerprint density at radius 2 is 2.18 bits per heavy atom. The van der Waals surface area contributed by atoms with Gasteiger partial charge in [0.15, 0.2) is 0 Å². The zero-order valence-electron chi connectivity index (χ0n) is 15.6. The molecular weight excluding hydrogens is 356 g/mol. The Bertz CT molecular complexity index is 1000. The van der Waals surface area contributed by atoms with E-state index < -0.39 is 6.09 Å². The number of hydrogen-bond donors (Lipinski definition) is 3. The quantitative estimate of drug-likeness (QED) is 0.599. The van der Waals surface area contributed by atoms with Crippen LogP contribution in [0, 0.1) is 0 Å². The maximum Gasteiger partial charge on any atom is 0.405 e. The molecule has 0 radical (unpaired) electrons. The monoisotopic (exact) mass is 378 g/mol. The van der Waals surface area contributed by atoms with E-state index in [-0.39, 0.29) is 6.04 Å². The van der Waals surface area contributed by atoms with Crippen molar-refractivity contribution < 1.29 is 9.90 Å². The molecule has 3 aromatic rings. The smallest absolute Gasteiger partial charge is 0.405 e. The van der Waals surface area contributed by atoms with E-state index >= 15 is 0 Å². The lowest BCUT2D eigenvalue weighted by Crippen LogP contribution is -2.26. The predicted molar refractivity (Wildman–Crippen MR) is 105 cm³/mol. The number of carbonyl (C=O) groups is 1. The molecule has 0 fully saturated rings. The number of nitrogens with one attached hydrogen (secondary N) is 2. The van der Waals surface area contributed by atoms with Gasteiger partial charge in [0.2, 0.25) is 5.95 Å². The van der Waals surface area contributed by atoms with E-state index in [1.807, 2.05) is 31.4 Å². The van der Waals surface area contributed by atoms with Gasteiger partial charge < -0.3 is 15.7 Å². The summed E-state index contributed by atoms with van der Waals surface area (Å²) >= 11 is 0. The highest BCUT2D eigenvalue weighted by atomic mass is 16.4. The van der Waals surface area contributed by atoms with Crippen LogP contribution in [0.4, 0.5) is 16.4 Å². The molecule has 1 unspecified atom stereocenters. The standard InChI is InChI=1S/C20H22N6O2/c1-26-12-15(11-22-26)23-19-21-9-8-17(24-19)14-6-7-16-13(10-14)4-2-3-5-18(16)25-20(27)28/h6-12,18,25H,2-5H2,1H3,(H,27,28)(H,21,23,24). The third-order valence-electron chi connectivity index (χ3n) is 4.92. The number of carboxylic acid groups (broad SMARTS) is 1. The van der Waals surface area contributed by atoms with Gasteiger partial charge in [0.1, 0.15) is 0 Å². The van der Waals surface area contributed by atoms with Crippen LogP contribution in [-0.2, 0) is 13.5 Å². The molecule has 144 valence electrons. The van der Waals surface area contributed by atoms with Crippen LogP contribution in [0.2, 0.25) is 0 Å². The second-order valence-electron chi connectivity index (χ2n) is 6.95. The van der Waals surface area contributed by atoms with E-state index in [2.05, 4.69) is 31.8 Å². The summed E-state index contributed by atoms with van der Waals surface area (Å²) in [7, 11) is 1.85. The molecule has 0 spiro atoms. The van der Waals surface area contributed by atoms with Crippen molar-refractivity contribution in [2.45, 2.75) is 31.7 Å². The van der Waals surface area contributed by atoms with E-state index in [1.54, 1.807) is 17.1 Å². The SMILES string of the molecule is Cn1cc(Nc2nccc(-c3ccc4c(c3)CCCCC4NC(=O)O)n2)cn1. The number of hydrogen-bond acceptors (Lipinski definition) is 5. The van der Waals surface area contributed by atoms with Gasteiger partial charge in [0.05, 0.1) is 23.6 Å². The van der Waals surface area contributed by atoms with Gasteiger partial charge in [-0.05, 0) is 42.5 Å². The summed E-state index contributed by atoms with van der Waals surface area (Å²) in [4.78, 5) is 20.0. The molecule has 0 saturated heterocycles. The Hall–Kier alpha value is -3.42. The Morgan fingerprint density at radius 1 is 1.29 bits per heavy atom. The zero-order chi connectivity index (χ0) is 19.5. The average Bonchev–Trinajstić information content (AvgIpc) is 2.98. The van der Waals surface area contributed by atoms with Crippen molar-refractivity contribution in [3.8, 4) is 11.3 Å². The average molecular weight is 378 g/mol. The molecule has 8 heteroatoms. The van der Waals surface area contributed by atoms with Crippen LogP contribution in [0.5, 0.6) is 0 Å². The molecule has 0 aliphatic heterocycles. The number of fused-ring (bicyclic) bond motifs is 1. The summed E-state index contributed by atoms with van der Waals surface area (Å²) in [6.07, 6.45) is 8.12. The molecule has 1 aromatic carbocycles. The minimum absolute atomic E-state index is 0.155. The van der Waals surface area contributed by atoms with Gasteiger partial charge in [0, 0.05) is 25.0 Å². The number of rotatable bonds is 4. The summed E-state index contributed by atoms with van der Waals surface area (Å²) in [6.45, 7) is 0. The summed E-state index contributed by atoms with van der Waals surface area (Å²) in [5.74, 6) is 0.505. The number of amides is 1. The molecule has 2 aromatic heterocycles. The molecule has 0 bridgehead atoms. The maximum absolute atomic E-state index is 11.1. The summed E-state index contributed by atoms with van der Waals surface area (Å²) in [6, 6.07) is 7.86. The molecule has 1 amide bonds. The first-order valence-corrected chi connectivity index (χ1v) is 9.30. The van der Waals surface area contributed by atoms with Crippen LogP contribution in [0.1, 0.15) is 36.4 Å². The predicted octanol–water partition coefficient (Wildman–Crippen LogP) is 3.66.